The third-order valence-electron chi connectivity index (χ3n) is 5.15. The number of piperazine rings is 1. The van der Waals surface area contributed by atoms with Gasteiger partial charge in [-0.2, -0.15) is 0 Å². The predicted octanol–water partition coefficient (Wildman–Crippen LogP) is 2.42. The van der Waals surface area contributed by atoms with Crippen molar-refractivity contribution in [3.05, 3.63) is 82.1 Å². The second kappa shape index (κ2) is 7.76. The molecule has 1 fully saturated rings. The molecule has 27 heavy (non-hydrogen) atoms. The molecule has 2 heterocycles. The van der Waals surface area contributed by atoms with Gasteiger partial charge in [-0.15, -0.1) is 0 Å². The van der Waals surface area contributed by atoms with Gasteiger partial charge in [0.15, 0.2) is 0 Å². The standard InChI is InChI=1S/C22H23N3O2/c26-21(14-17-6-2-1-3-7-17)25-12-10-24(11-13-25)16-19-15-18-8-4-5-9-20(18)23-22(19)27/h1-9,15H,10-14,16H2,(H,23,27). The molecular formula is C22H23N3O2. The van der Waals surface area contributed by atoms with Gasteiger partial charge >= 0.3 is 0 Å². The molecule has 3 aromatic rings. The number of carbonyl (C=O) groups excluding carboxylic acids is 1. The monoisotopic (exact) mass is 361 g/mol. The van der Waals surface area contributed by atoms with Crippen LogP contribution in [0.2, 0.25) is 0 Å². The van der Waals surface area contributed by atoms with Crippen molar-refractivity contribution in [1.82, 2.24) is 14.8 Å². The summed E-state index contributed by atoms with van der Waals surface area (Å²) in [5.74, 6) is 0.171. The van der Waals surface area contributed by atoms with Crippen LogP contribution in [0.5, 0.6) is 0 Å². The fraction of sp³-hybridized carbons (Fsp3) is 0.273. The van der Waals surface area contributed by atoms with E-state index in [-0.39, 0.29) is 11.5 Å². The van der Waals surface area contributed by atoms with E-state index in [1.54, 1.807) is 0 Å². The van der Waals surface area contributed by atoms with E-state index in [2.05, 4.69) is 9.88 Å². The van der Waals surface area contributed by atoms with Crippen molar-refractivity contribution >= 4 is 16.8 Å². The predicted molar refractivity (Wildman–Crippen MR) is 107 cm³/mol. The minimum atomic E-state index is -0.0312. The molecule has 1 saturated heterocycles. The summed E-state index contributed by atoms with van der Waals surface area (Å²) in [5.41, 5.74) is 2.66. The number of hydrogen-bond acceptors (Lipinski definition) is 3. The van der Waals surface area contributed by atoms with Crippen molar-refractivity contribution in [3.8, 4) is 0 Å². The topological polar surface area (TPSA) is 56.4 Å². The number of pyridine rings is 1. The molecule has 5 heteroatoms. The Balaban J connectivity index is 1.36. The average molecular weight is 361 g/mol. The summed E-state index contributed by atoms with van der Waals surface area (Å²) >= 11 is 0. The van der Waals surface area contributed by atoms with E-state index in [1.807, 2.05) is 65.6 Å². The van der Waals surface area contributed by atoms with Crippen LogP contribution < -0.4 is 5.56 Å². The molecule has 0 saturated carbocycles. The van der Waals surface area contributed by atoms with Crippen LogP contribution in [0.4, 0.5) is 0 Å². The molecule has 2 aromatic carbocycles. The third kappa shape index (κ3) is 4.09. The van der Waals surface area contributed by atoms with Crippen LogP contribution in [0, 0.1) is 0 Å². The summed E-state index contributed by atoms with van der Waals surface area (Å²) < 4.78 is 0. The summed E-state index contributed by atoms with van der Waals surface area (Å²) in [7, 11) is 0. The number of aromatic nitrogens is 1. The fourth-order valence-electron chi connectivity index (χ4n) is 3.59. The normalized spacial score (nSPS) is 15.2. The van der Waals surface area contributed by atoms with E-state index in [1.165, 1.54) is 0 Å². The van der Waals surface area contributed by atoms with Crippen LogP contribution >= 0.6 is 0 Å². The molecule has 5 nitrogen and oxygen atoms in total. The highest BCUT2D eigenvalue weighted by molar-refractivity contribution is 5.79. The van der Waals surface area contributed by atoms with Crippen molar-refractivity contribution in [3.63, 3.8) is 0 Å². The van der Waals surface area contributed by atoms with E-state index in [0.29, 0.717) is 26.1 Å². The highest BCUT2D eigenvalue weighted by atomic mass is 16.2. The first-order valence-corrected chi connectivity index (χ1v) is 9.34. The first-order valence-electron chi connectivity index (χ1n) is 9.34. The molecular weight excluding hydrogens is 338 g/mol. The Bertz CT molecular complexity index is 989. The Morgan fingerprint density at radius 3 is 2.41 bits per heavy atom. The fourth-order valence-corrected chi connectivity index (χ4v) is 3.59. The van der Waals surface area contributed by atoms with Gasteiger partial charge in [0.2, 0.25) is 5.91 Å². The summed E-state index contributed by atoms with van der Waals surface area (Å²) in [4.78, 5) is 31.9. The number of benzene rings is 2. The van der Waals surface area contributed by atoms with Gasteiger partial charge in [0.05, 0.1) is 6.42 Å². The number of para-hydroxylation sites is 1. The largest absolute Gasteiger partial charge is 0.340 e. The molecule has 0 aliphatic carbocycles. The third-order valence-corrected chi connectivity index (χ3v) is 5.15. The van der Waals surface area contributed by atoms with Crippen LogP contribution in [0.15, 0.2) is 65.5 Å². The zero-order valence-electron chi connectivity index (χ0n) is 15.2. The Labute approximate surface area is 158 Å². The SMILES string of the molecule is O=C(Cc1ccccc1)N1CCN(Cc2cc3ccccc3[nH]c2=O)CC1. The zero-order valence-corrected chi connectivity index (χ0v) is 15.2. The van der Waals surface area contributed by atoms with E-state index < -0.39 is 0 Å². The maximum absolute atomic E-state index is 12.5. The quantitative estimate of drug-likeness (QED) is 0.776. The lowest BCUT2D eigenvalue weighted by atomic mass is 10.1. The summed E-state index contributed by atoms with van der Waals surface area (Å²) in [5, 5.41) is 1.05. The number of hydrogen-bond donors (Lipinski definition) is 1. The number of carbonyl (C=O) groups is 1. The number of fused-ring (bicyclic) bond motifs is 1. The van der Waals surface area contributed by atoms with E-state index in [0.717, 1.165) is 35.1 Å². The first kappa shape index (κ1) is 17.5. The molecule has 1 aromatic heterocycles. The molecule has 1 aliphatic heterocycles. The second-order valence-electron chi connectivity index (χ2n) is 7.03. The molecule has 0 bridgehead atoms. The molecule has 0 spiro atoms. The van der Waals surface area contributed by atoms with Gasteiger partial charge in [-0.05, 0) is 23.1 Å². The Hall–Kier alpha value is -2.92. The Kier molecular flexibility index (Phi) is 5.03. The lowest BCUT2D eigenvalue weighted by Crippen LogP contribution is -2.49. The minimum Gasteiger partial charge on any atom is -0.340 e. The number of aromatic amines is 1. The van der Waals surface area contributed by atoms with Gasteiger partial charge in [-0.1, -0.05) is 48.5 Å². The number of nitrogens with zero attached hydrogens (tertiary/aromatic N) is 2. The number of rotatable bonds is 4. The lowest BCUT2D eigenvalue weighted by Gasteiger charge is -2.34. The summed E-state index contributed by atoms with van der Waals surface area (Å²) in [6.07, 6.45) is 0.450. The average Bonchev–Trinajstić information content (AvgIpc) is 2.70. The van der Waals surface area contributed by atoms with Gasteiger partial charge in [0.25, 0.3) is 5.56 Å². The van der Waals surface area contributed by atoms with Crippen molar-refractivity contribution in [2.24, 2.45) is 0 Å². The number of amides is 1. The van der Waals surface area contributed by atoms with Crippen LogP contribution in [0.25, 0.3) is 10.9 Å². The summed E-state index contributed by atoms with van der Waals surface area (Å²) in [6, 6.07) is 19.6. The highest BCUT2D eigenvalue weighted by Gasteiger charge is 2.21. The van der Waals surface area contributed by atoms with Crippen LogP contribution in [0.1, 0.15) is 11.1 Å². The molecule has 4 rings (SSSR count). The maximum atomic E-state index is 12.5. The number of H-pyrrole nitrogens is 1. The molecule has 0 unspecified atom stereocenters. The van der Waals surface area contributed by atoms with Crippen molar-refractivity contribution in [2.45, 2.75) is 13.0 Å². The van der Waals surface area contributed by atoms with Crippen LogP contribution in [-0.4, -0.2) is 46.9 Å². The molecule has 1 aliphatic rings. The highest BCUT2D eigenvalue weighted by Crippen LogP contribution is 2.13. The molecule has 0 radical (unpaired) electrons. The van der Waals surface area contributed by atoms with Gasteiger partial charge in [0.1, 0.15) is 0 Å². The molecule has 1 amide bonds. The van der Waals surface area contributed by atoms with E-state index in [4.69, 9.17) is 0 Å². The first-order chi connectivity index (χ1) is 13.2. The van der Waals surface area contributed by atoms with E-state index >= 15 is 0 Å². The Morgan fingerprint density at radius 1 is 0.926 bits per heavy atom. The van der Waals surface area contributed by atoms with Gasteiger partial charge in [-0.3, -0.25) is 14.5 Å². The van der Waals surface area contributed by atoms with Gasteiger partial charge < -0.3 is 9.88 Å². The van der Waals surface area contributed by atoms with Crippen molar-refractivity contribution in [1.29, 1.82) is 0 Å². The minimum absolute atomic E-state index is 0.0312. The van der Waals surface area contributed by atoms with Gasteiger partial charge in [-0.25, -0.2) is 0 Å². The summed E-state index contributed by atoms with van der Waals surface area (Å²) in [6.45, 7) is 3.59. The van der Waals surface area contributed by atoms with Crippen LogP contribution in [-0.2, 0) is 17.8 Å². The number of nitrogens with one attached hydrogen (secondary N) is 1. The Morgan fingerprint density at radius 2 is 1.63 bits per heavy atom. The smallest absolute Gasteiger partial charge is 0.252 e. The zero-order chi connectivity index (χ0) is 18.6. The molecule has 138 valence electrons. The molecule has 1 N–H and O–H groups in total. The second-order valence-corrected chi connectivity index (χ2v) is 7.03. The molecule has 0 atom stereocenters. The lowest BCUT2D eigenvalue weighted by molar-refractivity contribution is -0.132. The maximum Gasteiger partial charge on any atom is 0.252 e. The van der Waals surface area contributed by atoms with Crippen molar-refractivity contribution in [2.75, 3.05) is 26.2 Å². The van der Waals surface area contributed by atoms with E-state index in [9.17, 15) is 9.59 Å². The van der Waals surface area contributed by atoms with Crippen LogP contribution in [0.3, 0.4) is 0 Å². The van der Waals surface area contributed by atoms with Crippen molar-refractivity contribution < 1.29 is 4.79 Å². The van der Waals surface area contributed by atoms with Gasteiger partial charge in [0, 0.05) is 43.8 Å².